The first kappa shape index (κ1) is 18.4. The first-order valence-electron chi connectivity index (χ1n) is 8.53. The van der Waals surface area contributed by atoms with Crippen LogP contribution in [0.4, 0.5) is 0 Å². The zero-order valence-corrected chi connectivity index (χ0v) is 14.8. The van der Waals surface area contributed by atoms with E-state index in [-0.39, 0.29) is 6.54 Å². The van der Waals surface area contributed by atoms with Crippen LogP contribution in [0.3, 0.4) is 0 Å². The number of ether oxygens (including phenoxy) is 1. The van der Waals surface area contributed by atoms with Crippen LogP contribution in [0, 0.1) is 0 Å². The van der Waals surface area contributed by atoms with Crippen LogP contribution < -0.4 is 10.1 Å². The molecule has 1 heterocycles. The molecule has 2 aromatic carbocycles. The Bertz CT molecular complexity index is 880. The molecule has 0 bridgehead atoms. The zero-order valence-electron chi connectivity index (χ0n) is 14.8. The number of rotatable bonds is 5. The highest BCUT2D eigenvalue weighted by Crippen LogP contribution is 2.29. The van der Waals surface area contributed by atoms with E-state index in [0.717, 1.165) is 5.56 Å². The Morgan fingerprint density at radius 1 is 1.19 bits per heavy atom. The second-order valence-electron chi connectivity index (χ2n) is 6.19. The summed E-state index contributed by atoms with van der Waals surface area (Å²) in [5.41, 5.74) is 1.90. The van der Waals surface area contributed by atoms with E-state index in [1.807, 2.05) is 12.1 Å². The van der Waals surface area contributed by atoms with Gasteiger partial charge in [0.2, 0.25) is 5.91 Å². The van der Waals surface area contributed by atoms with Crippen molar-refractivity contribution in [3.8, 4) is 5.75 Å². The van der Waals surface area contributed by atoms with Gasteiger partial charge in [0.1, 0.15) is 5.75 Å². The summed E-state index contributed by atoms with van der Waals surface area (Å²) < 4.78 is 5.08. The molecule has 1 aliphatic rings. The maximum atomic E-state index is 12.6. The molecule has 2 amide bonds. The van der Waals surface area contributed by atoms with Crippen LogP contribution in [0.15, 0.2) is 48.5 Å². The summed E-state index contributed by atoms with van der Waals surface area (Å²) in [6.07, 6.45) is 0.579. The van der Waals surface area contributed by atoms with Gasteiger partial charge in [-0.1, -0.05) is 30.3 Å². The van der Waals surface area contributed by atoms with Crippen molar-refractivity contribution < 1.29 is 24.2 Å². The molecule has 1 aliphatic heterocycles. The first-order valence-corrected chi connectivity index (χ1v) is 8.53. The molecule has 0 spiro atoms. The predicted octanol–water partition coefficient (Wildman–Crippen LogP) is 1.64. The summed E-state index contributed by atoms with van der Waals surface area (Å²) in [4.78, 5) is 37.9. The summed E-state index contributed by atoms with van der Waals surface area (Å²) in [7, 11) is 1.50. The second-order valence-corrected chi connectivity index (χ2v) is 6.19. The van der Waals surface area contributed by atoms with Gasteiger partial charge in [0.15, 0.2) is 6.04 Å². The van der Waals surface area contributed by atoms with Crippen LogP contribution in [0.5, 0.6) is 5.75 Å². The highest BCUT2D eigenvalue weighted by molar-refractivity contribution is 5.97. The molecule has 0 radical (unpaired) electrons. The van der Waals surface area contributed by atoms with Gasteiger partial charge < -0.3 is 20.1 Å². The zero-order chi connectivity index (χ0) is 19.4. The molecule has 0 aromatic heterocycles. The second kappa shape index (κ2) is 7.90. The molecule has 0 aliphatic carbocycles. The fourth-order valence-corrected chi connectivity index (χ4v) is 3.23. The summed E-state index contributed by atoms with van der Waals surface area (Å²) in [6, 6.07) is 12.7. The molecule has 0 fully saturated rings. The Morgan fingerprint density at radius 3 is 2.70 bits per heavy atom. The lowest BCUT2D eigenvalue weighted by Crippen LogP contribution is -2.47. The number of hydrogen-bond donors (Lipinski definition) is 2. The van der Waals surface area contributed by atoms with Crippen molar-refractivity contribution in [3.63, 3.8) is 0 Å². The third kappa shape index (κ3) is 3.92. The Kier molecular flexibility index (Phi) is 5.40. The lowest BCUT2D eigenvalue weighted by atomic mass is 9.92. The maximum Gasteiger partial charge on any atom is 0.331 e. The van der Waals surface area contributed by atoms with E-state index >= 15 is 0 Å². The molecular weight excluding hydrogens is 348 g/mol. The van der Waals surface area contributed by atoms with Crippen LogP contribution >= 0.6 is 0 Å². The molecule has 2 N–H and O–H groups in total. The van der Waals surface area contributed by atoms with E-state index in [4.69, 9.17) is 4.74 Å². The van der Waals surface area contributed by atoms with Crippen molar-refractivity contribution >= 4 is 17.8 Å². The largest absolute Gasteiger partial charge is 0.497 e. The minimum atomic E-state index is -1.09. The fraction of sp³-hybridized carbons (Fsp3) is 0.250. The number of hydrogen-bond acceptors (Lipinski definition) is 4. The molecule has 0 saturated heterocycles. The van der Waals surface area contributed by atoms with E-state index in [1.165, 1.54) is 12.0 Å². The number of carbonyl (C=O) groups excluding carboxylic acids is 2. The number of aliphatic carboxylic acids is 1. The van der Waals surface area contributed by atoms with Crippen LogP contribution in [0.25, 0.3) is 0 Å². The Morgan fingerprint density at radius 2 is 1.96 bits per heavy atom. The summed E-state index contributed by atoms with van der Waals surface area (Å²) in [6.45, 7) is 0.0177. The minimum absolute atomic E-state index is 0.276. The molecule has 7 nitrogen and oxygen atoms in total. The summed E-state index contributed by atoms with van der Waals surface area (Å²) in [5.74, 6) is -1.41. The monoisotopic (exact) mass is 368 g/mol. The molecule has 27 heavy (non-hydrogen) atoms. The minimum Gasteiger partial charge on any atom is -0.497 e. The van der Waals surface area contributed by atoms with Gasteiger partial charge in [0, 0.05) is 12.1 Å². The van der Waals surface area contributed by atoms with E-state index in [2.05, 4.69) is 5.32 Å². The highest BCUT2D eigenvalue weighted by atomic mass is 16.5. The van der Waals surface area contributed by atoms with Gasteiger partial charge in [-0.25, -0.2) is 4.79 Å². The van der Waals surface area contributed by atoms with Crippen molar-refractivity contribution in [2.75, 3.05) is 20.2 Å². The number of methoxy groups -OCH3 is 1. The van der Waals surface area contributed by atoms with Gasteiger partial charge in [-0.3, -0.25) is 9.59 Å². The van der Waals surface area contributed by atoms with Crippen molar-refractivity contribution in [1.82, 2.24) is 10.2 Å². The average molecular weight is 368 g/mol. The first-order chi connectivity index (χ1) is 13.0. The fourth-order valence-electron chi connectivity index (χ4n) is 3.23. The molecule has 7 heteroatoms. The van der Waals surface area contributed by atoms with E-state index in [0.29, 0.717) is 29.8 Å². The van der Waals surface area contributed by atoms with E-state index in [9.17, 15) is 19.5 Å². The number of benzene rings is 2. The van der Waals surface area contributed by atoms with Crippen LogP contribution in [0.2, 0.25) is 0 Å². The summed E-state index contributed by atoms with van der Waals surface area (Å²) in [5, 5.41) is 12.2. The Balaban J connectivity index is 1.70. The van der Waals surface area contributed by atoms with Crippen molar-refractivity contribution in [1.29, 1.82) is 0 Å². The average Bonchev–Trinajstić information content (AvgIpc) is 2.70. The van der Waals surface area contributed by atoms with Crippen LogP contribution in [-0.4, -0.2) is 48.0 Å². The number of carboxylic acid groups (broad SMARTS) is 1. The smallest absolute Gasteiger partial charge is 0.331 e. The van der Waals surface area contributed by atoms with Crippen molar-refractivity contribution in [3.05, 3.63) is 65.2 Å². The quantitative estimate of drug-likeness (QED) is 0.836. The van der Waals surface area contributed by atoms with Crippen molar-refractivity contribution in [2.45, 2.75) is 12.5 Å². The number of nitrogens with zero attached hydrogens (tertiary/aromatic N) is 1. The number of nitrogens with one attached hydrogen (secondary N) is 1. The standard InChI is InChI=1S/C20H20N2O5/c1-27-15-7-4-6-14(11-15)19(24)21-12-17(23)22-10-9-13-5-2-3-8-16(13)18(22)20(25)26/h2-8,11,18H,9-10,12H2,1H3,(H,21,24)(H,25,26). The Hall–Kier alpha value is -3.35. The molecule has 2 aromatic rings. The SMILES string of the molecule is COc1cccc(C(=O)NCC(=O)N2CCc3ccccc3C2C(=O)O)c1. The highest BCUT2D eigenvalue weighted by Gasteiger charge is 2.35. The number of amides is 2. The molecular formula is C20H20N2O5. The van der Waals surface area contributed by atoms with Gasteiger partial charge >= 0.3 is 5.97 Å². The van der Waals surface area contributed by atoms with Crippen molar-refractivity contribution in [2.24, 2.45) is 0 Å². The third-order valence-corrected chi connectivity index (χ3v) is 4.57. The van der Waals surface area contributed by atoms with Gasteiger partial charge in [-0.05, 0) is 35.7 Å². The van der Waals surface area contributed by atoms with Crippen LogP contribution in [0.1, 0.15) is 27.5 Å². The van der Waals surface area contributed by atoms with E-state index in [1.54, 1.807) is 36.4 Å². The molecule has 0 saturated carbocycles. The topological polar surface area (TPSA) is 95.9 Å². The van der Waals surface area contributed by atoms with Gasteiger partial charge in [0.05, 0.1) is 13.7 Å². The molecule has 3 rings (SSSR count). The lowest BCUT2D eigenvalue weighted by molar-refractivity contribution is -0.150. The molecule has 1 unspecified atom stereocenters. The number of carboxylic acids is 1. The predicted molar refractivity (Wildman–Crippen MR) is 97.6 cm³/mol. The summed E-state index contributed by atoms with van der Waals surface area (Å²) >= 11 is 0. The maximum absolute atomic E-state index is 12.6. The van der Waals surface area contributed by atoms with Gasteiger partial charge in [-0.2, -0.15) is 0 Å². The lowest BCUT2D eigenvalue weighted by Gasteiger charge is -2.34. The molecule has 1 atom stereocenters. The normalized spacial score (nSPS) is 15.6. The van der Waals surface area contributed by atoms with Gasteiger partial charge in [0.25, 0.3) is 5.91 Å². The number of carbonyl (C=O) groups is 3. The molecule has 140 valence electrons. The van der Waals surface area contributed by atoms with E-state index < -0.39 is 23.8 Å². The third-order valence-electron chi connectivity index (χ3n) is 4.57. The number of fused-ring (bicyclic) bond motifs is 1. The Labute approximate surface area is 156 Å². The van der Waals surface area contributed by atoms with Gasteiger partial charge in [-0.15, -0.1) is 0 Å². The van der Waals surface area contributed by atoms with Crippen LogP contribution in [-0.2, 0) is 16.0 Å².